The van der Waals surface area contributed by atoms with Crippen molar-refractivity contribution in [2.45, 2.75) is 45.9 Å². The number of hydrogen-bond donors (Lipinski definition) is 2. The first kappa shape index (κ1) is 29.6. The van der Waals surface area contributed by atoms with E-state index in [1.54, 1.807) is 6.07 Å². The molecule has 11 heteroatoms. The lowest BCUT2D eigenvalue weighted by Gasteiger charge is -2.13. The third kappa shape index (κ3) is 9.06. The number of hydrogen-bond acceptors (Lipinski definition) is 4. The Hall–Kier alpha value is -3.99. The molecule has 0 bridgehead atoms. The molecule has 0 unspecified atom stereocenters. The third-order valence-corrected chi connectivity index (χ3v) is 5.57. The van der Waals surface area contributed by atoms with Crippen molar-refractivity contribution in [3.63, 3.8) is 0 Å². The maximum atomic E-state index is 13.0. The number of anilines is 1. The molecule has 1 heterocycles. The molecule has 0 aliphatic heterocycles. The highest BCUT2D eigenvalue weighted by Crippen LogP contribution is 2.25. The molecule has 4 rings (SSSR count). The van der Waals surface area contributed by atoms with Crippen molar-refractivity contribution in [1.29, 1.82) is 0 Å². The molecule has 0 saturated heterocycles. The Morgan fingerprint density at radius 1 is 1.05 bits per heavy atom. The highest BCUT2D eigenvalue weighted by atomic mass is 32.1. The van der Waals surface area contributed by atoms with E-state index in [1.807, 2.05) is 38.1 Å². The van der Waals surface area contributed by atoms with Crippen molar-refractivity contribution in [3.05, 3.63) is 90.0 Å². The number of nitrogens with two attached hydrogens (primary N) is 1. The predicted octanol–water partition coefficient (Wildman–Crippen LogP) is 7.39. The van der Waals surface area contributed by atoms with Gasteiger partial charge in [-0.25, -0.2) is 14.1 Å². The summed E-state index contributed by atoms with van der Waals surface area (Å²) in [4.78, 5) is 4.26. The van der Waals surface area contributed by atoms with Crippen LogP contribution in [0.2, 0.25) is 0 Å². The maximum Gasteiger partial charge on any atom is 0.573 e. The zero-order chi connectivity index (χ0) is 28.6. The standard InChI is InChI=1S/C18H16F3N3O.C10H13FN2S/c1-2-3-13-4-6-14(7-5-13)17-22-12-24(23-17)15-8-10-16(11-9-15)25-18(19,20)21;1-6(2)8-5-7(11)3-4-9(8)13-10(12)14/h4-12H,2-3H2,1H3;3-6H,1-2H3,(H3,12,13,14). The fraction of sp³-hybridized carbons (Fsp3) is 0.250. The smallest absolute Gasteiger partial charge is 0.406 e. The number of nitrogens with zero attached hydrogens (tertiary/aromatic N) is 3. The fourth-order valence-corrected chi connectivity index (χ4v) is 3.80. The summed E-state index contributed by atoms with van der Waals surface area (Å²) in [6.07, 6.45) is -1.07. The molecule has 0 amide bonds. The van der Waals surface area contributed by atoms with E-state index in [0.29, 0.717) is 11.5 Å². The molecule has 0 fully saturated rings. The molecule has 3 aromatic carbocycles. The molecular weight excluding hydrogens is 530 g/mol. The highest BCUT2D eigenvalue weighted by Gasteiger charge is 2.31. The summed E-state index contributed by atoms with van der Waals surface area (Å²) in [6, 6.07) is 18.0. The van der Waals surface area contributed by atoms with Crippen LogP contribution in [-0.4, -0.2) is 26.2 Å². The summed E-state index contributed by atoms with van der Waals surface area (Å²) < 4.78 is 54.9. The first-order valence-corrected chi connectivity index (χ1v) is 12.6. The normalized spacial score (nSPS) is 11.1. The lowest BCUT2D eigenvalue weighted by Crippen LogP contribution is -2.20. The molecule has 0 aliphatic rings. The van der Waals surface area contributed by atoms with Crippen molar-refractivity contribution < 1.29 is 22.3 Å². The Kier molecular flexibility index (Phi) is 10.00. The van der Waals surface area contributed by atoms with Crippen LogP contribution in [0.4, 0.5) is 23.2 Å². The Bertz CT molecular complexity index is 1370. The van der Waals surface area contributed by atoms with E-state index in [9.17, 15) is 17.6 Å². The molecule has 0 radical (unpaired) electrons. The minimum atomic E-state index is -4.70. The van der Waals surface area contributed by atoms with Crippen LogP contribution in [0.25, 0.3) is 17.1 Å². The molecule has 39 heavy (non-hydrogen) atoms. The van der Waals surface area contributed by atoms with E-state index in [1.165, 1.54) is 53.0 Å². The predicted molar refractivity (Wildman–Crippen MR) is 148 cm³/mol. The van der Waals surface area contributed by atoms with Crippen LogP contribution >= 0.6 is 12.2 Å². The number of aryl methyl sites for hydroxylation is 1. The monoisotopic (exact) mass is 559 g/mol. The summed E-state index contributed by atoms with van der Waals surface area (Å²) in [7, 11) is 0. The van der Waals surface area contributed by atoms with Crippen LogP contribution < -0.4 is 15.8 Å². The van der Waals surface area contributed by atoms with Gasteiger partial charge in [-0.2, -0.15) is 0 Å². The van der Waals surface area contributed by atoms with Gasteiger partial charge in [0, 0.05) is 11.3 Å². The maximum absolute atomic E-state index is 13.0. The Labute approximate surface area is 229 Å². The van der Waals surface area contributed by atoms with E-state index in [4.69, 9.17) is 18.0 Å². The SMILES string of the molecule is CC(C)c1cc(F)ccc1NC(N)=S.CCCc1ccc(-c2ncn(-c3ccc(OC(F)(F)F)cc3)n2)cc1. The third-order valence-electron chi connectivity index (χ3n) is 5.47. The van der Waals surface area contributed by atoms with Crippen molar-refractivity contribution in [2.75, 3.05) is 5.32 Å². The molecule has 1 aromatic heterocycles. The van der Waals surface area contributed by atoms with Gasteiger partial charge in [-0.05, 0) is 78.1 Å². The van der Waals surface area contributed by atoms with Crippen LogP contribution in [0, 0.1) is 5.82 Å². The number of ether oxygens (including phenoxy) is 1. The van der Waals surface area contributed by atoms with Crippen LogP contribution in [0.5, 0.6) is 5.75 Å². The highest BCUT2D eigenvalue weighted by molar-refractivity contribution is 7.80. The molecule has 6 nitrogen and oxygen atoms in total. The van der Waals surface area contributed by atoms with Crippen molar-refractivity contribution >= 4 is 23.0 Å². The van der Waals surface area contributed by atoms with Crippen LogP contribution in [0.1, 0.15) is 44.2 Å². The molecular formula is C28H29F4N5OS. The van der Waals surface area contributed by atoms with Crippen LogP contribution in [0.3, 0.4) is 0 Å². The van der Waals surface area contributed by atoms with Gasteiger partial charge in [-0.1, -0.05) is 51.5 Å². The summed E-state index contributed by atoms with van der Waals surface area (Å²) in [5.41, 5.74) is 9.74. The largest absolute Gasteiger partial charge is 0.573 e. The fourth-order valence-electron chi connectivity index (χ4n) is 3.69. The molecule has 4 aromatic rings. The first-order valence-electron chi connectivity index (χ1n) is 12.2. The van der Waals surface area contributed by atoms with E-state index in [-0.39, 0.29) is 22.6 Å². The molecule has 0 spiro atoms. The molecule has 0 atom stereocenters. The van der Waals surface area contributed by atoms with Crippen molar-refractivity contribution in [2.24, 2.45) is 5.73 Å². The number of thiocarbonyl (C=S) groups is 1. The van der Waals surface area contributed by atoms with Gasteiger partial charge in [-0.15, -0.1) is 18.3 Å². The van der Waals surface area contributed by atoms with Crippen LogP contribution in [-0.2, 0) is 6.42 Å². The Balaban J connectivity index is 0.000000255. The van der Waals surface area contributed by atoms with Gasteiger partial charge in [-0.3, -0.25) is 0 Å². The lowest BCUT2D eigenvalue weighted by atomic mass is 10.0. The number of rotatable bonds is 7. The molecule has 206 valence electrons. The average molecular weight is 560 g/mol. The summed E-state index contributed by atoms with van der Waals surface area (Å²) in [5.74, 6) is 0.256. The van der Waals surface area contributed by atoms with Gasteiger partial charge in [0.2, 0.25) is 0 Å². The van der Waals surface area contributed by atoms with Gasteiger partial charge < -0.3 is 15.8 Å². The molecule has 3 N–H and O–H groups in total. The van der Waals surface area contributed by atoms with Crippen molar-refractivity contribution in [3.8, 4) is 22.8 Å². The second kappa shape index (κ2) is 13.2. The minimum absolute atomic E-state index is 0.193. The summed E-state index contributed by atoms with van der Waals surface area (Å²) >= 11 is 4.73. The molecule has 0 saturated carbocycles. The Morgan fingerprint density at radius 3 is 2.28 bits per heavy atom. The van der Waals surface area contributed by atoms with E-state index < -0.39 is 6.36 Å². The van der Waals surface area contributed by atoms with Gasteiger partial charge in [0.25, 0.3) is 0 Å². The summed E-state index contributed by atoms with van der Waals surface area (Å²) in [6.45, 7) is 6.10. The van der Waals surface area contributed by atoms with Crippen molar-refractivity contribution in [1.82, 2.24) is 14.8 Å². The topological polar surface area (TPSA) is 78.0 Å². The first-order chi connectivity index (χ1) is 18.4. The van der Waals surface area contributed by atoms with Gasteiger partial charge in [0.05, 0.1) is 5.69 Å². The quantitative estimate of drug-likeness (QED) is 0.182. The number of alkyl halides is 3. The number of aromatic nitrogens is 3. The number of halogens is 4. The van der Waals surface area contributed by atoms with Crippen LogP contribution in [0.15, 0.2) is 73.1 Å². The zero-order valence-corrected chi connectivity index (χ0v) is 22.5. The van der Waals surface area contributed by atoms with E-state index in [2.05, 4.69) is 27.1 Å². The minimum Gasteiger partial charge on any atom is -0.406 e. The van der Waals surface area contributed by atoms with E-state index in [0.717, 1.165) is 29.7 Å². The number of nitrogens with one attached hydrogen (secondary N) is 1. The summed E-state index contributed by atoms with van der Waals surface area (Å²) in [5, 5.41) is 7.39. The lowest BCUT2D eigenvalue weighted by molar-refractivity contribution is -0.274. The van der Waals surface area contributed by atoms with Gasteiger partial charge in [0.1, 0.15) is 17.9 Å². The second-order valence-electron chi connectivity index (χ2n) is 8.88. The van der Waals surface area contributed by atoms with E-state index >= 15 is 0 Å². The molecule has 0 aliphatic carbocycles. The second-order valence-corrected chi connectivity index (χ2v) is 9.32. The average Bonchev–Trinajstić information content (AvgIpc) is 3.36. The zero-order valence-electron chi connectivity index (χ0n) is 21.7. The van der Waals surface area contributed by atoms with Gasteiger partial charge in [0.15, 0.2) is 10.9 Å². The van der Waals surface area contributed by atoms with Gasteiger partial charge >= 0.3 is 6.36 Å². The number of benzene rings is 3. The Morgan fingerprint density at radius 2 is 1.72 bits per heavy atom.